The molecule has 2 aromatic rings. The van der Waals surface area contributed by atoms with Crippen molar-refractivity contribution in [2.24, 2.45) is 0 Å². The average Bonchev–Trinajstić information content (AvgIpc) is 3.16. The van der Waals surface area contributed by atoms with E-state index in [0.29, 0.717) is 18.1 Å². The third-order valence-electron chi connectivity index (χ3n) is 3.71. The van der Waals surface area contributed by atoms with Crippen LogP contribution in [0.15, 0.2) is 38.8 Å². The van der Waals surface area contributed by atoms with Gasteiger partial charge in [-0.1, -0.05) is 25.1 Å². The fourth-order valence-corrected chi connectivity index (χ4v) is 3.79. The molecule has 3 rings (SSSR count). The molecule has 0 spiro atoms. The van der Waals surface area contributed by atoms with Crippen molar-refractivity contribution in [2.45, 2.75) is 43.9 Å². The summed E-state index contributed by atoms with van der Waals surface area (Å²) in [5, 5.41) is 3.54. The Morgan fingerprint density at radius 2 is 2.43 bits per heavy atom. The van der Waals surface area contributed by atoms with Gasteiger partial charge in [0.1, 0.15) is 5.76 Å². The maximum Gasteiger partial charge on any atom is 0.254 e. The zero-order valence-corrected chi connectivity index (χ0v) is 13.8. The zero-order valence-electron chi connectivity index (χ0n) is 12.9. The first kappa shape index (κ1) is 15.9. The molecule has 1 unspecified atom stereocenters. The van der Waals surface area contributed by atoms with Crippen molar-refractivity contribution in [3.63, 3.8) is 0 Å². The standard InChI is InChI=1S/C16H19N3O3S/c1-2-4-11-7-15(21)19-12(10-23-16(19)18-11)8-14(20)17-9-13-5-3-6-22-13/h3,5-7,12H,2,4,8-10H2,1H3,(H,17,20). The summed E-state index contributed by atoms with van der Waals surface area (Å²) in [6, 6.07) is 5.05. The number of hydrogen-bond donors (Lipinski definition) is 1. The number of aromatic nitrogens is 2. The third-order valence-corrected chi connectivity index (χ3v) is 4.81. The summed E-state index contributed by atoms with van der Waals surface area (Å²) in [4.78, 5) is 28.9. The minimum absolute atomic E-state index is 0.0627. The number of aryl methyl sites for hydroxylation is 1. The number of carbonyl (C=O) groups is 1. The van der Waals surface area contributed by atoms with Gasteiger partial charge in [-0.2, -0.15) is 0 Å². The number of thioether (sulfide) groups is 1. The van der Waals surface area contributed by atoms with Crippen LogP contribution in [0, 0.1) is 0 Å². The molecule has 23 heavy (non-hydrogen) atoms. The Kier molecular flexibility index (Phi) is 4.85. The van der Waals surface area contributed by atoms with Crippen LogP contribution in [0.25, 0.3) is 0 Å². The van der Waals surface area contributed by atoms with Crippen molar-refractivity contribution in [1.82, 2.24) is 14.9 Å². The van der Waals surface area contributed by atoms with Crippen LogP contribution < -0.4 is 10.9 Å². The number of hydrogen-bond acceptors (Lipinski definition) is 5. The molecule has 3 heterocycles. The first-order valence-electron chi connectivity index (χ1n) is 7.71. The highest BCUT2D eigenvalue weighted by Crippen LogP contribution is 2.32. The van der Waals surface area contributed by atoms with Gasteiger partial charge in [0.25, 0.3) is 5.56 Å². The van der Waals surface area contributed by atoms with Crippen molar-refractivity contribution >= 4 is 17.7 Å². The van der Waals surface area contributed by atoms with Gasteiger partial charge in [0.05, 0.1) is 18.8 Å². The first-order valence-corrected chi connectivity index (χ1v) is 8.70. The lowest BCUT2D eigenvalue weighted by molar-refractivity contribution is -0.122. The molecule has 1 aliphatic rings. The Morgan fingerprint density at radius 1 is 1.57 bits per heavy atom. The van der Waals surface area contributed by atoms with Gasteiger partial charge in [0.2, 0.25) is 5.91 Å². The highest BCUT2D eigenvalue weighted by molar-refractivity contribution is 7.99. The van der Waals surface area contributed by atoms with Gasteiger partial charge in [-0.15, -0.1) is 0 Å². The van der Waals surface area contributed by atoms with E-state index < -0.39 is 0 Å². The lowest BCUT2D eigenvalue weighted by atomic mass is 10.2. The summed E-state index contributed by atoms with van der Waals surface area (Å²) in [5.74, 6) is 1.32. The van der Waals surface area contributed by atoms with Gasteiger partial charge >= 0.3 is 0 Å². The highest BCUT2D eigenvalue weighted by atomic mass is 32.2. The van der Waals surface area contributed by atoms with Crippen molar-refractivity contribution < 1.29 is 9.21 Å². The summed E-state index contributed by atoms with van der Waals surface area (Å²) in [6.45, 7) is 2.42. The van der Waals surface area contributed by atoms with Crippen LogP contribution in [-0.4, -0.2) is 21.2 Å². The van der Waals surface area contributed by atoms with Gasteiger partial charge < -0.3 is 9.73 Å². The van der Waals surface area contributed by atoms with Crippen LogP contribution >= 0.6 is 11.8 Å². The molecule has 0 aliphatic carbocycles. The van der Waals surface area contributed by atoms with E-state index in [0.717, 1.165) is 23.7 Å². The number of nitrogens with one attached hydrogen (secondary N) is 1. The summed E-state index contributed by atoms with van der Waals surface area (Å²) >= 11 is 1.54. The summed E-state index contributed by atoms with van der Waals surface area (Å²) in [7, 11) is 0. The van der Waals surface area contributed by atoms with Gasteiger partial charge in [-0.3, -0.25) is 14.2 Å². The Bertz CT molecular complexity index is 740. The van der Waals surface area contributed by atoms with Gasteiger partial charge in [0.15, 0.2) is 5.16 Å². The number of amides is 1. The Balaban J connectivity index is 1.65. The zero-order chi connectivity index (χ0) is 16.2. The number of nitrogens with zero attached hydrogens (tertiary/aromatic N) is 2. The predicted octanol–water partition coefficient (Wildman–Crippen LogP) is 2.14. The van der Waals surface area contributed by atoms with E-state index >= 15 is 0 Å². The molecule has 0 bridgehead atoms. The second kappa shape index (κ2) is 7.04. The lowest BCUT2D eigenvalue weighted by Gasteiger charge is -2.13. The second-order valence-corrected chi connectivity index (χ2v) is 6.50. The fraction of sp³-hybridized carbons (Fsp3) is 0.438. The highest BCUT2D eigenvalue weighted by Gasteiger charge is 2.27. The van der Waals surface area contributed by atoms with Crippen LogP contribution in [-0.2, 0) is 17.8 Å². The van der Waals surface area contributed by atoms with E-state index in [9.17, 15) is 9.59 Å². The minimum atomic E-state index is -0.137. The smallest absolute Gasteiger partial charge is 0.254 e. The molecule has 1 aliphatic heterocycles. The maximum atomic E-state index is 12.3. The van der Waals surface area contributed by atoms with Crippen molar-refractivity contribution in [3.8, 4) is 0 Å². The number of furan rings is 1. The molecule has 0 radical (unpaired) electrons. The van der Waals surface area contributed by atoms with Crippen LogP contribution in [0.5, 0.6) is 0 Å². The fourth-order valence-electron chi connectivity index (χ4n) is 2.62. The van der Waals surface area contributed by atoms with Gasteiger partial charge in [-0.25, -0.2) is 4.98 Å². The molecule has 1 amide bonds. The monoisotopic (exact) mass is 333 g/mol. The van der Waals surface area contributed by atoms with E-state index in [1.54, 1.807) is 34.7 Å². The van der Waals surface area contributed by atoms with Gasteiger partial charge in [0, 0.05) is 23.9 Å². The van der Waals surface area contributed by atoms with Crippen LogP contribution in [0.1, 0.15) is 37.3 Å². The molecule has 0 saturated carbocycles. The van der Waals surface area contributed by atoms with Crippen molar-refractivity contribution in [3.05, 3.63) is 46.3 Å². The SMILES string of the molecule is CCCc1cc(=O)n2c(n1)SCC2CC(=O)NCc1ccco1. The topological polar surface area (TPSA) is 77.1 Å². The average molecular weight is 333 g/mol. The van der Waals surface area contributed by atoms with Crippen LogP contribution in [0.2, 0.25) is 0 Å². The molecular formula is C16H19N3O3S. The van der Waals surface area contributed by atoms with E-state index in [1.165, 1.54) is 0 Å². The maximum absolute atomic E-state index is 12.3. The van der Waals surface area contributed by atoms with Gasteiger partial charge in [-0.05, 0) is 18.6 Å². The summed E-state index contributed by atoms with van der Waals surface area (Å²) in [5.41, 5.74) is 0.770. The molecule has 1 N–H and O–H groups in total. The van der Waals surface area contributed by atoms with Crippen molar-refractivity contribution in [2.75, 3.05) is 5.75 Å². The molecule has 0 aromatic carbocycles. The number of rotatable bonds is 6. The number of carbonyl (C=O) groups excluding carboxylic acids is 1. The molecule has 7 heteroatoms. The van der Waals surface area contributed by atoms with Crippen molar-refractivity contribution in [1.29, 1.82) is 0 Å². The third kappa shape index (κ3) is 3.67. The second-order valence-electron chi connectivity index (χ2n) is 5.51. The molecular weight excluding hydrogens is 314 g/mol. The van der Waals surface area contributed by atoms with E-state index in [4.69, 9.17) is 4.42 Å². The molecule has 1 atom stereocenters. The molecule has 6 nitrogen and oxygen atoms in total. The molecule has 0 saturated heterocycles. The Morgan fingerprint density at radius 3 is 3.17 bits per heavy atom. The summed E-state index contributed by atoms with van der Waals surface area (Å²) in [6.07, 6.45) is 3.61. The largest absolute Gasteiger partial charge is 0.467 e. The Labute approximate surface area is 138 Å². The normalized spacial score (nSPS) is 16.3. The first-order chi connectivity index (χ1) is 11.2. The molecule has 2 aromatic heterocycles. The van der Waals surface area contributed by atoms with E-state index in [2.05, 4.69) is 17.2 Å². The molecule has 122 valence electrons. The van der Waals surface area contributed by atoms with Crippen LogP contribution in [0.3, 0.4) is 0 Å². The molecule has 0 fully saturated rings. The van der Waals surface area contributed by atoms with E-state index in [1.807, 2.05) is 6.07 Å². The number of fused-ring (bicyclic) bond motifs is 1. The lowest BCUT2D eigenvalue weighted by Crippen LogP contribution is -2.30. The quantitative estimate of drug-likeness (QED) is 0.820. The summed E-state index contributed by atoms with van der Waals surface area (Å²) < 4.78 is 6.83. The Hall–Kier alpha value is -2.02. The van der Waals surface area contributed by atoms with Crippen LogP contribution in [0.4, 0.5) is 0 Å². The van der Waals surface area contributed by atoms with E-state index in [-0.39, 0.29) is 23.9 Å². The predicted molar refractivity (Wildman–Crippen MR) is 87.4 cm³/mol. The minimum Gasteiger partial charge on any atom is -0.467 e.